The van der Waals surface area contributed by atoms with E-state index in [0.29, 0.717) is 24.9 Å². The fourth-order valence-corrected chi connectivity index (χ4v) is 12.3. The van der Waals surface area contributed by atoms with E-state index in [1.54, 1.807) is 0 Å². The second-order valence-corrected chi connectivity index (χ2v) is 17.3. The van der Waals surface area contributed by atoms with E-state index >= 15 is 0 Å². The topological polar surface area (TPSA) is 141 Å². The minimum atomic E-state index is -1.10. The number of aliphatic hydroxyl groups is 1. The Bertz CT molecular complexity index is 1370. The molecule has 4 aliphatic carbocycles. The molecule has 7 aliphatic rings. The Kier molecular flexibility index (Phi) is 12.4. The van der Waals surface area contributed by atoms with Crippen LogP contribution in [0.5, 0.6) is 0 Å². The van der Waals surface area contributed by atoms with Crippen LogP contribution < -0.4 is 5.32 Å². The normalized spacial score (nSPS) is 38.0. The average molecular weight is 739 g/mol. The first kappa shape index (κ1) is 38.6. The largest absolute Gasteiger partial charge is 0.468 e. The minimum Gasteiger partial charge on any atom is -0.468 e. The molecule has 8 atom stereocenters. The Morgan fingerprint density at radius 3 is 2.19 bits per heavy atom. The van der Waals surface area contributed by atoms with Gasteiger partial charge in [-0.15, -0.1) is 5.92 Å². The van der Waals surface area contributed by atoms with Crippen molar-refractivity contribution in [1.82, 2.24) is 10.2 Å². The number of carbonyl (C=O) groups excluding carboxylic acids is 4. The molecule has 0 aromatic heterocycles. The molecule has 294 valence electrons. The number of fused-ring (bicyclic) bond motifs is 3. The second kappa shape index (κ2) is 17.0. The molecule has 3 unspecified atom stereocenters. The van der Waals surface area contributed by atoms with Gasteiger partial charge in [0.25, 0.3) is 0 Å². The summed E-state index contributed by atoms with van der Waals surface area (Å²) in [6.07, 6.45) is 18.1. The van der Waals surface area contributed by atoms with Crippen molar-refractivity contribution in [2.45, 2.75) is 158 Å². The summed E-state index contributed by atoms with van der Waals surface area (Å²) in [6.45, 7) is 0.346. The van der Waals surface area contributed by atoms with Crippen LogP contribution in [0.15, 0.2) is 0 Å². The van der Waals surface area contributed by atoms with Crippen molar-refractivity contribution in [3.05, 3.63) is 0 Å². The number of hydrogen-bond acceptors (Lipinski definition) is 10. The van der Waals surface area contributed by atoms with Gasteiger partial charge in [-0.25, -0.2) is 0 Å². The Labute approximate surface area is 315 Å². The van der Waals surface area contributed by atoms with Crippen molar-refractivity contribution in [3.8, 4) is 11.8 Å². The van der Waals surface area contributed by atoms with Crippen LogP contribution in [0.1, 0.15) is 122 Å². The molecule has 0 aromatic carbocycles. The Hall–Kier alpha value is -2.68. The van der Waals surface area contributed by atoms with Crippen molar-refractivity contribution < 1.29 is 43.2 Å². The van der Waals surface area contributed by atoms with Crippen LogP contribution in [0.4, 0.5) is 0 Å². The van der Waals surface area contributed by atoms with Gasteiger partial charge in [-0.05, 0) is 101 Å². The number of carbonyl (C=O) groups is 4. The number of morpholine rings is 1. The van der Waals surface area contributed by atoms with Crippen LogP contribution >= 0.6 is 0 Å². The molecule has 7 fully saturated rings. The quantitative estimate of drug-likeness (QED) is 0.148. The van der Waals surface area contributed by atoms with E-state index in [-0.39, 0.29) is 73.0 Å². The monoisotopic (exact) mass is 738 g/mol. The van der Waals surface area contributed by atoms with Crippen LogP contribution in [-0.2, 0) is 38.1 Å². The molecule has 4 saturated carbocycles. The molecule has 2 N–H and O–H groups in total. The van der Waals surface area contributed by atoms with Crippen molar-refractivity contribution >= 4 is 23.8 Å². The van der Waals surface area contributed by atoms with Crippen LogP contribution in [0.3, 0.4) is 0 Å². The molecule has 53 heavy (non-hydrogen) atoms. The van der Waals surface area contributed by atoms with E-state index in [9.17, 15) is 24.3 Å². The van der Waals surface area contributed by atoms with E-state index in [2.05, 4.69) is 22.1 Å². The van der Waals surface area contributed by atoms with Crippen LogP contribution in [0, 0.1) is 52.8 Å². The number of methoxy groups -OCH3 is 2. The lowest BCUT2D eigenvalue weighted by Crippen LogP contribution is -2.65. The highest BCUT2D eigenvalue weighted by atomic mass is 16.6. The minimum absolute atomic E-state index is 0.00579. The predicted octanol–water partition coefficient (Wildman–Crippen LogP) is 4.71. The molecule has 3 saturated heterocycles. The number of nitrogens with one attached hydrogen (secondary N) is 1. The Morgan fingerprint density at radius 2 is 1.55 bits per heavy atom. The zero-order chi connectivity index (χ0) is 37.1. The van der Waals surface area contributed by atoms with Gasteiger partial charge >= 0.3 is 17.9 Å². The van der Waals surface area contributed by atoms with Gasteiger partial charge in [0.15, 0.2) is 5.92 Å². The molecule has 0 radical (unpaired) electrons. The van der Waals surface area contributed by atoms with Gasteiger partial charge in [0, 0.05) is 24.4 Å². The molecular weight excluding hydrogens is 676 g/mol. The summed E-state index contributed by atoms with van der Waals surface area (Å²) in [5, 5.41) is 12.9. The van der Waals surface area contributed by atoms with Crippen molar-refractivity contribution in [2.75, 3.05) is 27.4 Å². The van der Waals surface area contributed by atoms with Crippen molar-refractivity contribution in [2.24, 2.45) is 40.9 Å². The zero-order valence-corrected chi connectivity index (χ0v) is 31.9. The van der Waals surface area contributed by atoms with Gasteiger partial charge in [0.1, 0.15) is 12.1 Å². The summed E-state index contributed by atoms with van der Waals surface area (Å²) in [6, 6.07) is -0.382. The van der Waals surface area contributed by atoms with Gasteiger partial charge in [-0.3, -0.25) is 24.1 Å². The Balaban J connectivity index is 1.24. The number of nitrogens with zero attached hydrogens (tertiary/aromatic N) is 1. The Morgan fingerprint density at radius 1 is 0.887 bits per heavy atom. The summed E-state index contributed by atoms with van der Waals surface area (Å²) < 4.78 is 22.4. The first-order chi connectivity index (χ1) is 25.8. The maximum absolute atomic E-state index is 14.9. The zero-order valence-electron chi connectivity index (χ0n) is 31.9. The molecule has 0 bridgehead atoms. The lowest BCUT2D eigenvalue weighted by atomic mass is 9.59. The molecular formula is C42H62N2O9. The third-order valence-electron chi connectivity index (χ3n) is 14.6. The van der Waals surface area contributed by atoms with Gasteiger partial charge in [0.2, 0.25) is 5.91 Å². The summed E-state index contributed by atoms with van der Waals surface area (Å²) in [5.41, 5.74) is -0.743. The van der Waals surface area contributed by atoms with Crippen LogP contribution in [0.25, 0.3) is 0 Å². The molecule has 3 heterocycles. The first-order valence-corrected chi connectivity index (χ1v) is 21.0. The van der Waals surface area contributed by atoms with Crippen molar-refractivity contribution in [1.29, 1.82) is 0 Å². The average Bonchev–Trinajstić information content (AvgIpc) is 3.70. The standard InChI is InChI=1S/C42H62N2O9/c1-50-38(46)31(39(47)51-2)15-9-10-26-16-21-33-32(24-26)42(41(49)43-33)25-34-40(48)53-36(28-13-7-4-8-14-28)35(27-11-5-3-6-12-27)44(34)37(42)29-17-19-30(20-18-29)52-23-22-45/h26-37,45H,3-8,11-25H2,1-2H3,(H,43,49)/t26?,29?,30?,32?,33?,34-,35-,36+,37+,42+/m1/s1. The lowest BCUT2D eigenvalue weighted by molar-refractivity contribution is -0.189. The smallest absolute Gasteiger partial charge is 0.323 e. The summed E-state index contributed by atoms with van der Waals surface area (Å²) in [5.74, 6) is 5.11. The lowest BCUT2D eigenvalue weighted by Gasteiger charge is -2.54. The van der Waals surface area contributed by atoms with Crippen LogP contribution in [-0.4, -0.2) is 97.6 Å². The van der Waals surface area contributed by atoms with Gasteiger partial charge < -0.3 is 29.4 Å². The molecule has 11 heteroatoms. The second-order valence-electron chi connectivity index (χ2n) is 17.3. The van der Waals surface area contributed by atoms with Crippen molar-refractivity contribution in [3.63, 3.8) is 0 Å². The summed E-state index contributed by atoms with van der Waals surface area (Å²) in [7, 11) is 2.51. The number of hydrogen-bond donors (Lipinski definition) is 2. The fourth-order valence-electron chi connectivity index (χ4n) is 12.3. The highest BCUT2D eigenvalue weighted by Crippen LogP contribution is 2.61. The van der Waals surface area contributed by atoms with Gasteiger partial charge in [0.05, 0.1) is 45.0 Å². The number of amides is 1. The predicted molar refractivity (Wildman–Crippen MR) is 195 cm³/mol. The molecule has 1 amide bonds. The number of aliphatic hydroxyl groups excluding tert-OH is 1. The molecule has 11 nitrogen and oxygen atoms in total. The number of esters is 3. The van der Waals surface area contributed by atoms with E-state index in [0.717, 1.165) is 70.6 Å². The number of cyclic esters (lactones) is 1. The highest BCUT2D eigenvalue weighted by molar-refractivity contribution is 5.95. The molecule has 3 aliphatic heterocycles. The van der Waals surface area contributed by atoms with Gasteiger partial charge in [-0.1, -0.05) is 44.4 Å². The molecule has 7 rings (SSSR count). The number of rotatable bonds is 9. The summed E-state index contributed by atoms with van der Waals surface area (Å²) in [4.78, 5) is 56.6. The summed E-state index contributed by atoms with van der Waals surface area (Å²) >= 11 is 0. The van der Waals surface area contributed by atoms with Gasteiger partial charge in [-0.2, -0.15) is 0 Å². The maximum Gasteiger partial charge on any atom is 0.323 e. The first-order valence-electron chi connectivity index (χ1n) is 21.0. The van der Waals surface area contributed by atoms with E-state index in [1.807, 2.05) is 0 Å². The molecule has 1 spiro atoms. The fraction of sp³-hybridized carbons (Fsp3) is 0.857. The SMILES string of the molecule is COC(=O)C(CC#CC1CCC2NC(=O)[C@@]3(C[C@@H]4C(=O)O[C@@H](C5CCCCC5)[C@@H](C5CCCCC5)N4[C@H]3C3CCC(OCCO)CC3)C2C1)C(=O)OC. The third-order valence-corrected chi connectivity index (χ3v) is 14.6. The molecule has 0 aromatic rings. The van der Waals surface area contributed by atoms with E-state index in [4.69, 9.17) is 18.9 Å². The highest BCUT2D eigenvalue weighted by Gasteiger charge is 2.71. The van der Waals surface area contributed by atoms with E-state index < -0.39 is 29.3 Å². The maximum atomic E-state index is 14.9. The third kappa shape index (κ3) is 7.50. The van der Waals surface area contributed by atoms with Crippen LogP contribution in [0.2, 0.25) is 0 Å². The van der Waals surface area contributed by atoms with E-state index in [1.165, 1.54) is 52.7 Å². The number of ether oxygens (including phenoxy) is 4.